The summed E-state index contributed by atoms with van der Waals surface area (Å²) >= 11 is 11.6. The molecule has 1 heterocycles. The summed E-state index contributed by atoms with van der Waals surface area (Å²) in [6.45, 7) is 0. The molecule has 0 fully saturated rings. The fourth-order valence-electron chi connectivity index (χ4n) is 1.47. The summed E-state index contributed by atoms with van der Waals surface area (Å²) < 4.78 is 5.15. The van der Waals surface area contributed by atoms with Gasteiger partial charge in [-0.25, -0.2) is 0 Å². The van der Waals surface area contributed by atoms with Crippen LogP contribution < -0.4 is 4.74 Å². The van der Waals surface area contributed by atoms with Gasteiger partial charge in [0.15, 0.2) is 5.15 Å². The molecule has 0 N–H and O–H groups in total. The van der Waals surface area contributed by atoms with E-state index in [1.165, 1.54) is 0 Å². The molecule has 0 saturated carbocycles. The number of benzene rings is 1. The predicted molar refractivity (Wildman–Crippen MR) is 67.9 cm³/mol. The van der Waals surface area contributed by atoms with E-state index >= 15 is 0 Å². The van der Waals surface area contributed by atoms with E-state index in [-0.39, 0.29) is 5.15 Å². The molecular weight excluding hydrogens is 259 g/mol. The topological polar surface area (TPSA) is 35.0 Å². The van der Waals surface area contributed by atoms with E-state index in [0.717, 1.165) is 17.0 Å². The molecule has 1 aromatic heterocycles. The SMILES string of the molecule is COc1cccc(Cc2cc(Cl)c(Cl)nn2)c1. The van der Waals surface area contributed by atoms with Gasteiger partial charge < -0.3 is 4.74 Å². The van der Waals surface area contributed by atoms with E-state index in [2.05, 4.69) is 10.2 Å². The largest absolute Gasteiger partial charge is 0.497 e. The summed E-state index contributed by atoms with van der Waals surface area (Å²) in [6.07, 6.45) is 0.640. The lowest BCUT2D eigenvalue weighted by Crippen LogP contribution is -1.95. The van der Waals surface area contributed by atoms with Crippen LogP contribution in [-0.2, 0) is 6.42 Å². The van der Waals surface area contributed by atoms with Crippen LogP contribution in [0.25, 0.3) is 0 Å². The quantitative estimate of drug-likeness (QED) is 0.856. The van der Waals surface area contributed by atoms with E-state index in [1.54, 1.807) is 13.2 Å². The third-order valence-corrected chi connectivity index (χ3v) is 2.94. The van der Waals surface area contributed by atoms with Crippen LogP contribution in [0.4, 0.5) is 0 Å². The molecule has 0 atom stereocenters. The van der Waals surface area contributed by atoms with Gasteiger partial charge in [-0.1, -0.05) is 35.3 Å². The summed E-state index contributed by atoms with van der Waals surface area (Å²) in [6, 6.07) is 9.48. The molecular formula is C12H10Cl2N2O. The summed E-state index contributed by atoms with van der Waals surface area (Å²) in [5, 5.41) is 8.39. The van der Waals surface area contributed by atoms with Crippen LogP contribution in [0.3, 0.4) is 0 Å². The Labute approximate surface area is 109 Å². The lowest BCUT2D eigenvalue weighted by molar-refractivity contribution is 0.414. The van der Waals surface area contributed by atoms with Crippen molar-refractivity contribution in [3.05, 3.63) is 51.8 Å². The molecule has 0 saturated heterocycles. The van der Waals surface area contributed by atoms with Crippen LogP contribution in [0, 0.1) is 0 Å². The maximum Gasteiger partial charge on any atom is 0.170 e. The minimum absolute atomic E-state index is 0.223. The second-order valence-corrected chi connectivity index (χ2v) is 4.27. The monoisotopic (exact) mass is 268 g/mol. The van der Waals surface area contributed by atoms with E-state index in [4.69, 9.17) is 27.9 Å². The first kappa shape index (κ1) is 12.1. The van der Waals surface area contributed by atoms with Crippen molar-refractivity contribution in [2.75, 3.05) is 7.11 Å². The predicted octanol–water partition coefficient (Wildman–Crippen LogP) is 3.38. The molecule has 3 nitrogen and oxygen atoms in total. The average Bonchev–Trinajstić information content (AvgIpc) is 2.34. The van der Waals surface area contributed by atoms with Crippen LogP contribution in [0.1, 0.15) is 11.3 Å². The molecule has 0 bridgehead atoms. The molecule has 5 heteroatoms. The van der Waals surface area contributed by atoms with Gasteiger partial charge in [0.2, 0.25) is 0 Å². The highest BCUT2D eigenvalue weighted by molar-refractivity contribution is 6.41. The fraction of sp³-hybridized carbons (Fsp3) is 0.167. The first-order valence-corrected chi connectivity index (χ1v) is 5.75. The van der Waals surface area contributed by atoms with Crippen molar-refractivity contribution in [3.8, 4) is 5.75 Å². The molecule has 2 aromatic rings. The third kappa shape index (κ3) is 3.08. The Morgan fingerprint density at radius 1 is 1.18 bits per heavy atom. The van der Waals surface area contributed by atoms with Gasteiger partial charge in [-0.3, -0.25) is 0 Å². The van der Waals surface area contributed by atoms with Gasteiger partial charge in [0.25, 0.3) is 0 Å². The van der Waals surface area contributed by atoms with E-state index in [9.17, 15) is 0 Å². The minimum Gasteiger partial charge on any atom is -0.497 e. The molecule has 0 unspecified atom stereocenters. The van der Waals surface area contributed by atoms with Gasteiger partial charge in [-0.05, 0) is 23.8 Å². The lowest BCUT2D eigenvalue weighted by atomic mass is 10.1. The number of ether oxygens (including phenoxy) is 1. The molecule has 88 valence electrons. The van der Waals surface area contributed by atoms with Gasteiger partial charge in [0, 0.05) is 6.42 Å². The molecule has 0 radical (unpaired) electrons. The van der Waals surface area contributed by atoms with Crippen LogP contribution >= 0.6 is 23.2 Å². The normalized spacial score (nSPS) is 10.3. The molecule has 0 aliphatic heterocycles. The third-order valence-electron chi connectivity index (χ3n) is 2.28. The van der Waals surface area contributed by atoms with E-state index < -0.39 is 0 Å². The number of hydrogen-bond acceptors (Lipinski definition) is 3. The maximum atomic E-state index is 5.88. The lowest BCUT2D eigenvalue weighted by Gasteiger charge is -2.04. The standard InChI is InChI=1S/C12H10Cl2N2O/c1-17-10-4-2-3-8(6-10)5-9-7-11(13)12(14)16-15-9/h2-4,6-7H,5H2,1H3. The van der Waals surface area contributed by atoms with E-state index in [1.807, 2.05) is 24.3 Å². The summed E-state index contributed by atoms with van der Waals surface area (Å²) in [5.41, 5.74) is 1.85. The highest BCUT2D eigenvalue weighted by Gasteiger charge is 2.04. The minimum atomic E-state index is 0.223. The zero-order chi connectivity index (χ0) is 12.3. The van der Waals surface area contributed by atoms with Crippen LogP contribution in [0.5, 0.6) is 5.75 Å². The van der Waals surface area contributed by atoms with Crippen molar-refractivity contribution in [2.24, 2.45) is 0 Å². The number of halogens is 2. The van der Waals surface area contributed by atoms with Gasteiger partial charge in [0.1, 0.15) is 5.75 Å². The number of nitrogens with zero attached hydrogens (tertiary/aromatic N) is 2. The van der Waals surface area contributed by atoms with Gasteiger partial charge >= 0.3 is 0 Å². The molecule has 17 heavy (non-hydrogen) atoms. The molecule has 0 amide bonds. The van der Waals surface area contributed by atoms with Crippen molar-refractivity contribution in [3.63, 3.8) is 0 Å². The van der Waals surface area contributed by atoms with Crippen LogP contribution in [0.2, 0.25) is 10.2 Å². The molecule has 0 aliphatic rings. The van der Waals surface area contributed by atoms with Crippen LogP contribution in [-0.4, -0.2) is 17.3 Å². The molecule has 0 spiro atoms. The fourth-order valence-corrected chi connectivity index (χ4v) is 1.72. The zero-order valence-corrected chi connectivity index (χ0v) is 10.7. The molecule has 0 aliphatic carbocycles. The second-order valence-electron chi connectivity index (χ2n) is 3.50. The molecule has 1 aromatic carbocycles. The Kier molecular flexibility index (Phi) is 3.82. The highest BCUT2D eigenvalue weighted by Crippen LogP contribution is 2.20. The van der Waals surface area contributed by atoms with Gasteiger partial charge in [0.05, 0.1) is 17.8 Å². The van der Waals surface area contributed by atoms with E-state index in [0.29, 0.717) is 11.4 Å². The highest BCUT2D eigenvalue weighted by atomic mass is 35.5. The van der Waals surface area contributed by atoms with Crippen molar-refractivity contribution in [2.45, 2.75) is 6.42 Å². The number of rotatable bonds is 3. The Hall–Kier alpha value is -1.32. The van der Waals surface area contributed by atoms with Gasteiger partial charge in [-0.2, -0.15) is 5.10 Å². The van der Waals surface area contributed by atoms with Crippen molar-refractivity contribution in [1.29, 1.82) is 0 Å². The van der Waals surface area contributed by atoms with Gasteiger partial charge in [-0.15, -0.1) is 5.10 Å². The molecule has 2 rings (SSSR count). The Bertz CT molecular complexity index is 532. The van der Waals surface area contributed by atoms with Crippen molar-refractivity contribution >= 4 is 23.2 Å². The first-order valence-electron chi connectivity index (χ1n) is 4.99. The Morgan fingerprint density at radius 3 is 2.71 bits per heavy atom. The van der Waals surface area contributed by atoms with Crippen molar-refractivity contribution < 1.29 is 4.74 Å². The summed E-state index contributed by atoms with van der Waals surface area (Å²) in [4.78, 5) is 0. The Morgan fingerprint density at radius 2 is 2.00 bits per heavy atom. The Balaban J connectivity index is 2.22. The zero-order valence-electron chi connectivity index (χ0n) is 9.15. The van der Waals surface area contributed by atoms with Crippen molar-refractivity contribution in [1.82, 2.24) is 10.2 Å². The van der Waals surface area contributed by atoms with Crippen LogP contribution in [0.15, 0.2) is 30.3 Å². The number of methoxy groups -OCH3 is 1. The number of aromatic nitrogens is 2. The second kappa shape index (κ2) is 5.34. The first-order chi connectivity index (χ1) is 8.19. The summed E-state index contributed by atoms with van der Waals surface area (Å²) in [5.74, 6) is 0.815. The smallest absolute Gasteiger partial charge is 0.170 e. The number of hydrogen-bond donors (Lipinski definition) is 0. The average molecular weight is 269 g/mol. The maximum absolute atomic E-state index is 5.88. The summed E-state index contributed by atoms with van der Waals surface area (Å²) in [7, 11) is 1.64.